The second-order valence-corrected chi connectivity index (χ2v) is 2.75. The lowest BCUT2D eigenvalue weighted by Gasteiger charge is -1.85. The van der Waals surface area contributed by atoms with Crippen molar-refractivity contribution in [3.05, 3.63) is 30.4 Å². The van der Waals surface area contributed by atoms with E-state index < -0.39 is 0 Å². The normalized spacial score (nSPS) is 9.75. The Morgan fingerprint density at radius 2 is 2.33 bits per heavy atom. The number of rotatable bonds is 1. The Balaban J connectivity index is 0.000000720. The Bertz CT molecular complexity index is 338. The molecule has 0 aromatic carbocycles. The molecular weight excluding hydrogens is 286 g/mol. The van der Waals surface area contributed by atoms with E-state index in [9.17, 15) is 0 Å². The van der Waals surface area contributed by atoms with Crippen LogP contribution in [0.1, 0.15) is 5.69 Å². The average Bonchev–Trinajstić information content (AvgIpc) is 2.46. The van der Waals surface area contributed by atoms with E-state index in [0.29, 0.717) is 0 Å². The number of imidazole rings is 1. The Morgan fingerprint density at radius 3 is 3.00 bits per heavy atom. The molecule has 0 radical (unpaired) electrons. The van der Waals surface area contributed by atoms with Gasteiger partial charge in [-0.3, -0.25) is 4.40 Å². The Kier molecular flexibility index (Phi) is 3.22. The maximum absolute atomic E-state index is 4.24. The van der Waals surface area contributed by atoms with Gasteiger partial charge in [0.25, 0.3) is 0 Å². The highest BCUT2D eigenvalue weighted by molar-refractivity contribution is 9.08. The second-order valence-electron chi connectivity index (χ2n) is 2.19. The van der Waals surface area contributed by atoms with Crippen LogP contribution in [0.4, 0.5) is 0 Å². The molecule has 12 heavy (non-hydrogen) atoms. The van der Waals surface area contributed by atoms with Crippen LogP contribution in [0.2, 0.25) is 0 Å². The van der Waals surface area contributed by atoms with Gasteiger partial charge in [0.05, 0.1) is 5.69 Å². The van der Waals surface area contributed by atoms with Gasteiger partial charge in [-0.2, -0.15) is 0 Å². The lowest BCUT2D eigenvalue weighted by molar-refractivity contribution is 1.11. The summed E-state index contributed by atoms with van der Waals surface area (Å²) < 4.78 is 1.90. The van der Waals surface area contributed by atoms with Crippen molar-refractivity contribution in [2.24, 2.45) is 0 Å². The molecule has 0 bridgehead atoms. The Hall–Kier alpha value is -0.420. The monoisotopic (exact) mass is 291 g/mol. The lowest BCUT2D eigenvalue weighted by Crippen LogP contribution is -1.82. The molecule has 0 amide bonds. The molecule has 0 atom stereocenters. The van der Waals surface area contributed by atoms with Gasteiger partial charge in [0.15, 0.2) is 0 Å². The van der Waals surface area contributed by atoms with Gasteiger partial charge in [0.1, 0.15) is 0 Å². The minimum atomic E-state index is 0. The van der Waals surface area contributed by atoms with Crippen LogP contribution in [0.15, 0.2) is 24.7 Å². The highest BCUT2D eigenvalue weighted by Gasteiger charge is 1.97. The van der Waals surface area contributed by atoms with Crippen LogP contribution in [-0.4, -0.2) is 14.4 Å². The van der Waals surface area contributed by atoms with E-state index in [-0.39, 0.29) is 17.0 Å². The van der Waals surface area contributed by atoms with Crippen LogP contribution in [0.3, 0.4) is 0 Å². The summed E-state index contributed by atoms with van der Waals surface area (Å²) in [6.45, 7) is 0. The molecule has 0 aliphatic heterocycles. The smallest absolute Gasteiger partial charge is 0.233 e. The summed E-state index contributed by atoms with van der Waals surface area (Å²) in [6.07, 6.45) is 5.62. The van der Waals surface area contributed by atoms with Crippen molar-refractivity contribution in [3.63, 3.8) is 0 Å². The predicted octanol–water partition coefficient (Wildman–Crippen LogP) is 2.20. The molecule has 0 N–H and O–H groups in total. The molecular formula is C7H7Br2N3. The van der Waals surface area contributed by atoms with Gasteiger partial charge in [-0.05, 0) is 6.07 Å². The van der Waals surface area contributed by atoms with Gasteiger partial charge in [-0.15, -0.1) is 17.0 Å². The molecule has 5 heteroatoms. The number of hydrogen-bond donors (Lipinski definition) is 0. The summed E-state index contributed by atoms with van der Waals surface area (Å²) in [5, 5.41) is 0.774. The topological polar surface area (TPSA) is 30.2 Å². The van der Waals surface area contributed by atoms with Crippen LogP contribution < -0.4 is 0 Å². The maximum Gasteiger partial charge on any atom is 0.233 e. The van der Waals surface area contributed by atoms with E-state index in [1.54, 1.807) is 6.20 Å². The van der Waals surface area contributed by atoms with Crippen LogP contribution in [0, 0.1) is 0 Å². The third-order valence-electron chi connectivity index (χ3n) is 1.42. The number of hydrogen-bond acceptors (Lipinski definition) is 2. The summed E-state index contributed by atoms with van der Waals surface area (Å²) in [5.41, 5.74) is 1.00. The van der Waals surface area contributed by atoms with Gasteiger partial charge >= 0.3 is 0 Å². The van der Waals surface area contributed by atoms with E-state index in [1.165, 1.54) is 0 Å². The van der Waals surface area contributed by atoms with Gasteiger partial charge < -0.3 is 0 Å². The van der Waals surface area contributed by atoms with Gasteiger partial charge in [-0.1, -0.05) is 15.9 Å². The molecule has 3 nitrogen and oxygen atoms in total. The lowest BCUT2D eigenvalue weighted by atomic mass is 10.6. The van der Waals surface area contributed by atoms with E-state index in [4.69, 9.17) is 0 Å². The number of alkyl halides is 1. The van der Waals surface area contributed by atoms with Crippen molar-refractivity contribution < 1.29 is 0 Å². The Labute approximate surface area is 88.7 Å². The highest BCUT2D eigenvalue weighted by Crippen LogP contribution is 2.04. The Morgan fingerprint density at radius 1 is 1.50 bits per heavy atom. The summed E-state index contributed by atoms with van der Waals surface area (Å²) >= 11 is 3.33. The van der Waals surface area contributed by atoms with Crippen LogP contribution in [0.5, 0.6) is 0 Å². The van der Waals surface area contributed by atoms with Gasteiger partial charge in [-0.25, -0.2) is 9.97 Å². The summed E-state index contributed by atoms with van der Waals surface area (Å²) in [5.74, 6) is 0.752. The fraction of sp³-hybridized carbons (Fsp3) is 0.143. The molecule has 0 saturated heterocycles. The molecule has 0 fully saturated rings. The van der Waals surface area contributed by atoms with Crippen LogP contribution in [0.25, 0.3) is 5.78 Å². The fourth-order valence-corrected chi connectivity index (χ4v) is 1.21. The SMILES string of the molecule is Br.BrCc1cn2cccnc2n1. The van der Waals surface area contributed by atoms with Crippen molar-refractivity contribution >= 4 is 38.7 Å². The molecule has 0 unspecified atom stereocenters. The van der Waals surface area contributed by atoms with Gasteiger partial charge in [0.2, 0.25) is 5.78 Å². The van der Waals surface area contributed by atoms with Crippen molar-refractivity contribution in [1.29, 1.82) is 0 Å². The minimum Gasteiger partial charge on any atom is -0.291 e. The van der Waals surface area contributed by atoms with Crippen LogP contribution >= 0.6 is 32.9 Å². The third kappa shape index (κ3) is 1.67. The summed E-state index contributed by atoms with van der Waals surface area (Å²) in [6, 6.07) is 1.88. The molecule has 0 aliphatic carbocycles. The van der Waals surface area contributed by atoms with Crippen molar-refractivity contribution in [2.45, 2.75) is 5.33 Å². The average molecular weight is 293 g/mol. The highest BCUT2D eigenvalue weighted by atomic mass is 79.9. The zero-order valence-electron chi connectivity index (χ0n) is 6.14. The minimum absolute atomic E-state index is 0. The first-order chi connectivity index (χ1) is 5.40. The zero-order chi connectivity index (χ0) is 7.68. The van der Waals surface area contributed by atoms with E-state index in [0.717, 1.165) is 16.8 Å². The van der Waals surface area contributed by atoms with E-state index in [1.807, 2.05) is 22.9 Å². The molecule has 0 spiro atoms. The van der Waals surface area contributed by atoms with Crippen molar-refractivity contribution in [3.8, 4) is 0 Å². The van der Waals surface area contributed by atoms with Crippen LogP contribution in [-0.2, 0) is 5.33 Å². The molecule has 2 aromatic rings. The fourth-order valence-electron chi connectivity index (χ4n) is 0.944. The number of aromatic nitrogens is 3. The number of nitrogens with zero attached hydrogens (tertiary/aromatic N) is 3. The molecule has 0 aliphatic rings. The number of fused-ring (bicyclic) bond motifs is 1. The van der Waals surface area contributed by atoms with Gasteiger partial charge in [0, 0.05) is 23.9 Å². The molecule has 2 rings (SSSR count). The first-order valence-corrected chi connectivity index (χ1v) is 4.37. The van der Waals surface area contributed by atoms with E-state index in [2.05, 4.69) is 25.9 Å². The third-order valence-corrected chi connectivity index (χ3v) is 2.00. The second kappa shape index (κ2) is 4.00. The summed E-state index contributed by atoms with van der Waals surface area (Å²) in [7, 11) is 0. The van der Waals surface area contributed by atoms with E-state index >= 15 is 0 Å². The molecule has 2 aromatic heterocycles. The first kappa shape index (κ1) is 9.67. The molecule has 0 saturated carbocycles. The summed E-state index contributed by atoms with van der Waals surface area (Å²) in [4.78, 5) is 8.32. The molecule has 2 heterocycles. The quantitative estimate of drug-likeness (QED) is 0.755. The van der Waals surface area contributed by atoms with Crippen molar-refractivity contribution in [1.82, 2.24) is 14.4 Å². The largest absolute Gasteiger partial charge is 0.291 e. The maximum atomic E-state index is 4.24. The zero-order valence-corrected chi connectivity index (χ0v) is 9.44. The first-order valence-electron chi connectivity index (χ1n) is 3.25. The van der Waals surface area contributed by atoms with Crippen molar-refractivity contribution in [2.75, 3.05) is 0 Å². The predicted molar refractivity (Wildman–Crippen MR) is 55.9 cm³/mol. The number of halogens is 2. The molecule has 64 valence electrons. The standard InChI is InChI=1S/C7H6BrN3.BrH/c8-4-6-5-11-3-1-2-9-7(11)10-6;/h1-3,5H,4H2;1H.